The van der Waals surface area contributed by atoms with Crippen LogP contribution in [0.15, 0.2) is 46.8 Å². The van der Waals surface area contributed by atoms with Gasteiger partial charge in [0.2, 0.25) is 0 Å². The number of esters is 1. The van der Waals surface area contributed by atoms with Crippen LogP contribution in [0.5, 0.6) is 0 Å². The Morgan fingerprint density at radius 1 is 1.30 bits per heavy atom. The molecule has 136 valence electrons. The Morgan fingerprint density at radius 2 is 2.15 bits per heavy atom. The van der Waals surface area contributed by atoms with E-state index in [-0.39, 0.29) is 12.2 Å². The maximum atomic E-state index is 12.4. The number of aromatic nitrogens is 5. The molecule has 0 amide bonds. The first-order valence-electron chi connectivity index (χ1n) is 8.14. The van der Waals surface area contributed by atoms with E-state index in [4.69, 9.17) is 4.74 Å². The smallest absolute Gasteiger partial charge is 0.342 e. The van der Waals surface area contributed by atoms with Crippen molar-refractivity contribution in [2.45, 2.75) is 20.5 Å². The highest BCUT2D eigenvalue weighted by Gasteiger charge is 2.17. The number of hydrogen-bond donors (Lipinski definition) is 0. The van der Waals surface area contributed by atoms with Crippen molar-refractivity contribution in [1.29, 1.82) is 0 Å². The number of aryl methyl sites for hydroxylation is 1. The van der Waals surface area contributed by atoms with Gasteiger partial charge < -0.3 is 4.74 Å². The van der Waals surface area contributed by atoms with Crippen molar-refractivity contribution in [2.24, 2.45) is 0 Å². The van der Waals surface area contributed by atoms with Crippen molar-refractivity contribution in [1.82, 2.24) is 24.1 Å². The minimum absolute atomic E-state index is 0.0876. The molecule has 0 aliphatic carbocycles. The molecule has 27 heavy (non-hydrogen) atoms. The van der Waals surface area contributed by atoms with Crippen molar-refractivity contribution in [3.8, 4) is 5.82 Å². The third kappa shape index (κ3) is 3.13. The van der Waals surface area contributed by atoms with E-state index in [0.29, 0.717) is 27.7 Å². The van der Waals surface area contributed by atoms with Crippen LogP contribution in [0.25, 0.3) is 10.8 Å². The average Bonchev–Trinajstić information content (AvgIpc) is 3.24. The van der Waals surface area contributed by atoms with Crippen LogP contribution in [0, 0.1) is 13.8 Å². The molecule has 0 unspecified atom stereocenters. The molecule has 0 atom stereocenters. The second-order valence-electron chi connectivity index (χ2n) is 5.90. The summed E-state index contributed by atoms with van der Waals surface area (Å²) in [5.74, 6) is 0.0845. The average molecular weight is 381 g/mol. The third-order valence-electron chi connectivity index (χ3n) is 4.08. The highest BCUT2D eigenvalue weighted by Crippen LogP contribution is 2.15. The van der Waals surface area contributed by atoms with Gasteiger partial charge in [-0.15, -0.1) is 11.3 Å². The zero-order chi connectivity index (χ0) is 19.0. The van der Waals surface area contributed by atoms with E-state index in [9.17, 15) is 9.59 Å². The fourth-order valence-corrected chi connectivity index (χ4v) is 3.60. The van der Waals surface area contributed by atoms with Crippen molar-refractivity contribution >= 4 is 22.3 Å². The SMILES string of the molecule is Cc1c(C(=O)OCc2cc(=O)n3c(C)csc3n2)cnn1-c1ccccn1. The van der Waals surface area contributed by atoms with E-state index in [1.165, 1.54) is 28.0 Å². The quantitative estimate of drug-likeness (QED) is 0.504. The van der Waals surface area contributed by atoms with Gasteiger partial charge >= 0.3 is 5.97 Å². The number of carbonyl (C=O) groups is 1. The fourth-order valence-electron chi connectivity index (χ4n) is 2.71. The molecule has 0 bridgehead atoms. The number of hydrogen-bond acceptors (Lipinski definition) is 7. The maximum Gasteiger partial charge on any atom is 0.342 e. The van der Waals surface area contributed by atoms with E-state index < -0.39 is 5.97 Å². The molecule has 0 aromatic carbocycles. The third-order valence-corrected chi connectivity index (χ3v) is 5.02. The van der Waals surface area contributed by atoms with E-state index >= 15 is 0 Å². The summed E-state index contributed by atoms with van der Waals surface area (Å²) < 4.78 is 8.43. The summed E-state index contributed by atoms with van der Waals surface area (Å²) >= 11 is 1.37. The number of thiazole rings is 1. The van der Waals surface area contributed by atoms with Crippen molar-refractivity contribution in [3.05, 3.63) is 75.0 Å². The molecule has 0 saturated carbocycles. The lowest BCUT2D eigenvalue weighted by Crippen LogP contribution is -2.16. The second kappa shape index (κ2) is 6.76. The molecule has 0 N–H and O–H groups in total. The zero-order valence-corrected chi connectivity index (χ0v) is 15.4. The Morgan fingerprint density at radius 3 is 2.93 bits per heavy atom. The van der Waals surface area contributed by atoms with Gasteiger partial charge in [-0.2, -0.15) is 5.10 Å². The van der Waals surface area contributed by atoms with Gasteiger partial charge in [-0.25, -0.2) is 19.4 Å². The molecule has 9 heteroatoms. The predicted molar refractivity (Wildman–Crippen MR) is 99.3 cm³/mol. The molecule has 8 nitrogen and oxygen atoms in total. The Labute approximate surface area is 157 Å². The van der Waals surface area contributed by atoms with Crippen LogP contribution in [0.3, 0.4) is 0 Å². The summed E-state index contributed by atoms with van der Waals surface area (Å²) in [6.45, 7) is 3.52. The second-order valence-corrected chi connectivity index (χ2v) is 6.74. The molecule has 0 aliphatic heterocycles. The summed E-state index contributed by atoms with van der Waals surface area (Å²) in [5.41, 5.74) is 2.00. The number of rotatable bonds is 4. The first-order valence-corrected chi connectivity index (χ1v) is 9.02. The lowest BCUT2D eigenvalue weighted by molar-refractivity contribution is 0.0467. The molecule has 0 spiro atoms. The fraction of sp³-hybridized carbons (Fsp3) is 0.167. The van der Waals surface area contributed by atoms with Crippen LogP contribution >= 0.6 is 11.3 Å². The summed E-state index contributed by atoms with van der Waals surface area (Å²) in [6.07, 6.45) is 3.10. The van der Waals surface area contributed by atoms with Gasteiger partial charge in [0, 0.05) is 23.3 Å². The maximum absolute atomic E-state index is 12.4. The highest BCUT2D eigenvalue weighted by atomic mass is 32.1. The summed E-state index contributed by atoms with van der Waals surface area (Å²) in [7, 11) is 0. The molecule has 0 radical (unpaired) electrons. The molecule has 0 saturated heterocycles. The monoisotopic (exact) mass is 381 g/mol. The van der Waals surface area contributed by atoms with Crippen LogP contribution in [-0.2, 0) is 11.3 Å². The van der Waals surface area contributed by atoms with Crippen LogP contribution in [0.4, 0.5) is 0 Å². The van der Waals surface area contributed by atoms with Gasteiger partial charge in [-0.05, 0) is 26.0 Å². The van der Waals surface area contributed by atoms with Crippen LogP contribution in [0.1, 0.15) is 27.4 Å². The summed E-state index contributed by atoms with van der Waals surface area (Å²) in [4.78, 5) is 33.8. The van der Waals surface area contributed by atoms with E-state index in [1.54, 1.807) is 29.9 Å². The first kappa shape index (κ1) is 17.1. The van der Waals surface area contributed by atoms with Gasteiger partial charge in [0.05, 0.1) is 17.6 Å². The van der Waals surface area contributed by atoms with E-state index in [0.717, 1.165) is 5.69 Å². The number of pyridine rings is 1. The van der Waals surface area contributed by atoms with E-state index in [2.05, 4.69) is 15.1 Å². The minimum Gasteiger partial charge on any atom is -0.455 e. The lowest BCUT2D eigenvalue weighted by Gasteiger charge is -2.06. The van der Waals surface area contributed by atoms with Gasteiger partial charge in [0.15, 0.2) is 10.8 Å². The van der Waals surface area contributed by atoms with Gasteiger partial charge in [-0.3, -0.25) is 9.20 Å². The molecule has 4 rings (SSSR count). The minimum atomic E-state index is -0.529. The van der Waals surface area contributed by atoms with Crippen molar-refractivity contribution in [3.63, 3.8) is 0 Å². The lowest BCUT2D eigenvalue weighted by atomic mass is 10.2. The topological polar surface area (TPSA) is 91.4 Å². The molecule has 0 fully saturated rings. The molecular weight excluding hydrogens is 366 g/mol. The normalized spacial score (nSPS) is 11.0. The standard InChI is InChI=1S/C18H15N5O3S/c1-11-10-27-18-21-13(7-16(24)22(11)18)9-26-17(25)14-8-20-23(12(14)2)15-5-3-4-6-19-15/h3-8,10H,9H2,1-2H3. The van der Waals surface area contributed by atoms with Gasteiger partial charge in [0.25, 0.3) is 5.56 Å². The first-order chi connectivity index (χ1) is 13.0. The Bertz CT molecular complexity index is 1190. The molecule has 4 heterocycles. The number of ether oxygens (including phenoxy) is 1. The Kier molecular flexibility index (Phi) is 4.28. The van der Waals surface area contributed by atoms with Gasteiger partial charge in [-0.1, -0.05) is 6.07 Å². The summed E-state index contributed by atoms with van der Waals surface area (Å²) in [5, 5.41) is 6.06. The molecule has 4 aromatic rings. The largest absolute Gasteiger partial charge is 0.455 e. The number of nitrogens with zero attached hydrogens (tertiary/aromatic N) is 5. The molecule has 4 aromatic heterocycles. The molecular formula is C18H15N5O3S. The predicted octanol–water partition coefficient (Wildman–Crippen LogP) is 2.31. The highest BCUT2D eigenvalue weighted by molar-refractivity contribution is 7.15. The van der Waals surface area contributed by atoms with Crippen LogP contribution < -0.4 is 5.56 Å². The zero-order valence-electron chi connectivity index (χ0n) is 14.6. The van der Waals surface area contributed by atoms with Crippen molar-refractivity contribution < 1.29 is 9.53 Å². The van der Waals surface area contributed by atoms with Crippen molar-refractivity contribution in [2.75, 3.05) is 0 Å². The summed E-state index contributed by atoms with van der Waals surface area (Å²) in [6, 6.07) is 6.82. The van der Waals surface area contributed by atoms with E-state index in [1.807, 2.05) is 18.4 Å². The molecule has 0 aliphatic rings. The number of fused-ring (bicyclic) bond motifs is 1. The van der Waals surface area contributed by atoms with Crippen LogP contribution in [0.2, 0.25) is 0 Å². The Balaban J connectivity index is 1.54. The van der Waals surface area contributed by atoms with Crippen LogP contribution in [-0.4, -0.2) is 30.1 Å². The van der Waals surface area contributed by atoms with Gasteiger partial charge in [0.1, 0.15) is 12.2 Å². The number of carbonyl (C=O) groups excluding carboxylic acids is 1. The Hall–Kier alpha value is -3.33.